The topological polar surface area (TPSA) is 66.2 Å². The molecule has 3 rings (SSSR count). The molecule has 0 N–H and O–H groups in total. The van der Waals surface area contributed by atoms with E-state index in [2.05, 4.69) is 4.90 Å². The van der Waals surface area contributed by atoms with Gasteiger partial charge in [-0.25, -0.2) is 0 Å². The van der Waals surface area contributed by atoms with Crippen LogP contribution in [0, 0.1) is 12.3 Å². The first-order valence-corrected chi connectivity index (χ1v) is 11.7. The number of ether oxygens (including phenoxy) is 1. The van der Waals surface area contributed by atoms with Crippen LogP contribution in [0.5, 0.6) is 0 Å². The molecule has 1 aromatic carbocycles. The first-order valence-electron chi connectivity index (χ1n) is 11.7. The molecule has 0 atom stereocenters. The summed E-state index contributed by atoms with van der Waals surface area (Å²) in [7, 11) is 0. The number of hydrogen-bond donors (Lipinski definition) is 0. The van der Waals surface area contributed by atoms with E-state index < -0.39 is 5.41 Å². The van der Waals surface area contributed by atoms with Crippen molar-refractivity contribution in [1.29, 1.82) is 0 Å². The molecule has 7 nitrogen and oxygen atoms in total. The zero-order valence-corrected chi connectivity index (χ0v) is 20.4. The average Bonchev–Trinajstić information content (AvgIpc) is 3.21. The van der Waals surface area contributed by atoms with Gasteiger partial charge in [0, 0.05) is 38.1 Å². The molecular formula is C26H37N3O4. The zero-order chi connectivity index (χ0) is 23.8. The molecule has 1 fully saturated rings. The molecule has 33 heavy (non-hydrogen) atoms. The Morgan fingerprint density at radius 3 is 2.27 bits per heavy atom. The third-order valence-electron chi connectivity index (χ3n) is 5.76. The van der Waals surface area contributed by atoms with Gasteiger partial charge < -0.3 is 19.0 Å². The lowest BCUT2D eigenvalue weighted by molar-refractivity contribution is -0.146. The molecule has 0 saturated carbocycles. The molecule has 180 valence electrons. The molecule has 2 amide bonds. The summed E-state index contributed by atoms with van der Waals surface area (Å²) in [5, 5.41) is 0. The van der Waals surface area contributed by atoms with E-state index in [1.54, 1.807) is 9.80 Å². The van der Waals surface area contributed by atoms with Gasteiger partial charge in [0.25, 0.3) is 0 Å². The Morgan fingerprint density at radius 1 is 0.970 bits per heavy atom. The van der Waals surface area contributed by atoms with Crippen LogP contribution in [0.25, 0.3) is 0 Å². The molecule has 1 aromatic heterocycles. The highest BCUT2D eigenvalue weighted by molar-refractivity contribution is 5.87. The largest absolute Gasteiger partial charge is 0.464 e. The van der Waals surface area contributed by atoms with Gasteiger partial charge in [-0.1, -0.05) is 51.1 Å². The van der Waals surface area contributed by atoms with Crippen molar-refractivity contribution in [2.24, 2.45) is 5.41 Å². The number of carbonyl (C=O) groups excluding carboxylic acids is 2. The number of amides is 2. The second-order valence-corrected chi connectivity index (χ2v) is 9.68. The summed E-state index contributed by atoms with van der Waals surface area (Å²) < 4.78 is 11.2. The SMILES string of the molecule is Cc1ccc(CN(Cc2ccccc2)C(=O)CN(CCN2CCOCC2)C(=O)C(C)(C)C)o1. The summed E-state index contributed by atoms with van der Waals surface area (Å²) in [5.74, 6) is 1.44. The Bertz CT molecular complexity index is 898. The van der Waals surface area contributed by atoms with Crippen LogP contribution in [0.2, 0.25) is 0 Å². The number of aryl methyl sites for hydroxylation is 1. The van der Waals surface area contributed by atoms with Gasteiger partial charge >= 0.3 is 0 Å². The van der Waals surface area contributed by atoms with Crippen LogP contribution in [0.15, 0.2) is 46.9 Å². The van der Waals surface area contributed by atoms with Gasteiger partial charge in [-0.2, -0.15) is 0 Å². The number of benzene rings is 1. The fraction of sp³-hybridized carbons (Fsp3) is 0.538. The van der Waals surface area contributed by atoms with Crippen molar-refractivity contribution in [3.63, 3.8) is 0 Å². The molecule has 0 bridgehead atoms. The third-order valence-corrected chi connectivity index (χ3v) is 5.76. The lowest BCUT2D eigenvalue weighted by Crippen LogP contribution is -2.49. The Balaban J connectivity index is 1.74. The van der Waals surface area contributed by atoms with Crippen LogP contribution in [-0.2, 0) is 27.4 Å². The Labute approximate surface area is 197 Å². The minimum atomic E-state index is -0.562. The van der Waals surface area contributed by atoms with Gasteiger partial charge in [-0.05, 0) is 24.6 Å². The second-order valence-electron chi connectivity index (χ2n) is 9.68. The van der Waals surface area contributed by atoms with Crippen LogP contribution in [0.4, 0.5) is 0 Å². The highest BCUT2D eigenvalue weighted by Crippen LogP contribution is 2.19. The molecular weight excluding hydrogens is 418 g/mol. The van der Waals surface area contributed by atoms with E-state index in [9.17, 15) is 9.59 Å². The maximum Gasteiger partial charge on any atom is 0.242 e. The molecule has 0 aliphatic carbocycles. The number of rotatable bonds is 9. The summed E-state index contributed by atoms with van der Waals surface area (Å²) in [6.07, 6.45) is 0. The fourth-order valence-corrected chi connectivity index (χ4v) is 3.87. The van der Waals surface area contributed by atoms with Crippen molar-refractivity contribution in [2.75, 3.05) is 45.9 Å². The lowest BCUT2D eigenvalue weighted by Gasteiger charge is -2.34. The maximum absolute atomic E-state index is 13.5. The number of nitrogens with zero attached hydrogens (tertiary/aromatic N) is 3. The van der Waals surface area contributed by atoms with E-state index in [0.29, 0.717) is 32.8 Å². The minimum absolute atomic E-state index is 0.0161. The smallest absolute Gasteiger partial charge is 0.242 e. The normalized spacial score (nSPS) is 14.8. The zero-order valence-electron chi connectivity index (χ0n) is 20.4. The maximum atomic E-state index is 13.5. The molecule has 0 unspecified atom stereocenters. The summed E-state index contributed by atoms with van der Waals surface area (Å²) in [5.41, 5.74) is 0.476. The van der Waals surface area contributed by atoms with E-state index in [4.69, 9.17) is 9.15 Å². The molecule has 7 heteroatoms. The van der Waals surface area contributed by atoms with Gasteiger partial charge in [-0.15, -0.1) is 0 Å². The lowest BCUT2D eigenvalue weighted by atomic mass is 9.94. The first kappa shape index (κ1) is 25.0. The highest BCUT2D eigenvalue weighted by Gasteiger charge is 2.30. The van der Waals surface area contributed by atoms with Gasteiger partial charge in [0.2, 0.25) is 11.8 Å². The molecule has 2 heterocycles. The number of furan rings is 1. The molecule has 1 aliphatic rings. The van der Waals surface area contributed by atoms with Gasteiger partial charge in [0.15, 0.2) is 0 Å². The van der Waals surface area contributed by atoms with Crippen LogP contribution in [-0.4, -0.2) is 72.5 Å². The minimum Gasteiger partial charge on any atom is -0.464 e. The van der Waals surface area contributed by atoms with E-state index in [1.165, 1.54) is 0 Å². The first-order chi connectivity index (χ1) is 15.7. The van der Waals surface area contributed by atoms with Crippen molar-refractivity contribution >= 4 is 11.8 Å². The molecule has 1 saturated heterocycles. The summed E-state index contributed by atoms with van der Waals surface area (Å²) in [4.78, 5) is 32.5. The van der Waals surface area contributed by atoms with Crippen molar-refractivity contribution in [1.82, 2.24) is 14.7 Å². The fourth-order valence-electron chi connectivity index (χ4n) is 3.87. The molecule has 2 aromatic rings. The van der Waals surface area contributed by atoms with Crippen molar-refractivity contribution < 1.29 is 18.7 Å². The number of carbonyl (C=O) groups is 2. The molecule has 1 aliphatic heterocycles. The van der Waals surface area contributed by atoms with E-state index in [0.717, 1.165) is 36.7 Å². The van der Waals surface area contributed by atoms with Crippen LogP contribution < -0.4 is 0 Å². The van der Waals surface area contributed by atoms with Crippen molar-refractivity contribution in [3.8, 4) is 0 Å². The van der Waals surface area contributed by atoms with Gasteiger partial charge in [0.1, 0.15) is 11.5 Å². The van der Waals surface area contributed by atoms with Crippen LogP contribution in [0.3, 0.4) is 0 Å². The van der Waals surface area contributed by atoms with E-state index in [1.807, 2.05) is 70.2 Å². The quantitative estimate of drug-likeness (QED) is 0.580. The predicted octanol–water partition coefficient (Wildman–Crippen LogP) is 3.32. The Hall–Kier alpha value is -2.64. The predicted molar refractivity (Wildman–Crippen MR) is 127 cm³/mol. The third kappa shape index (κ3) is 7.72. The second kappa shape index (κ2) is 11.5. The van der Waals surface area contributed by atoms with Gasteiger partial charge in [-0.3, -0.25) is 14.5 Å². The van der Waals surface area contributed by atoms with Crippen LogP contribution in [0.1, 0.15) is 37.9 Å². The Kier molecular flexibility index (Phi) is 8.69. The van der Waals surface area contributed by atoms with Crippen LogP contribution >= 0.6 is 0 Å². The van der Waals surface area contributed by atoms with E-state index >= 15 is 0 Å². The van der Waals surface area contributed by atoms with Crippen molar-refractivity contribution in [3.05, 3.63) is 59.5 Å². The average molecular weight is 456 g/mol. The van der Waals surface area contributed by atoms with Crippen molar-refractivity contribution in [2.45, 2.75) is 40.8 Å². The van der Waals surface area contributed by atoms with E-state index in [-0.39, 0.29) is 18.4 Å². The summed E-state index contributed by atoms with van der Waals surface area (Å²) >= 11 is 0. The number of hydrogen-bond acceptors (Lipinski definition) is 5. The Morgan fingerprint density at radius 2 is 1.67 bits per heavy atom. The van der Waals surface area contributed by atoms with Gasteiger partial charge in [0.05, 0.1) is 26.3 Å². The monoisotopic (exact) mass is 455 g/mol. The summed E-state index contributed by atoms with van der Waals surface area (Å²) in [6.45, 7) is 12.8. The molecule has 0 radical (unpaired) electrons. The molecule has 0 spiro atoms. The highest BCUT2D eigenvalue weighted by atomic mass is 16.5. The number of morpholine rings is 1. The standard InChI is InChI=1S/C26H37N3O4/c1-21-10-11-23(33-21)19-29(18-22-8-6-5-7-9-22)24(30)20-28(25(31)26(2,3)4)13-12-27-14-16-32-17-15-27/h5-11H,12-20H2,1-4H3. The summed E-state index contributed by atoms with van der Waals surface area (Å²) in [6, 6.07) is 13.7.